The molecule has 0 fully saturated rings. The van der Waals surface area contributed by atoms with Gasteiger partial charge >= 0.3 is 12.0 Å². The average Bonchev–Trinajstić information content (AvgIpc) is 2.50. The number of thiophene rings is 1. The number of urea groups is 1. The van der Waals surface area contributed by atoms with E-state index in [2.05, 4.69) is 10.1 Å². The largest absolute Gasteiger partial charge is 0.465 e. The highest BCUT2D eigenvalue weighted by Gasteiger charge is 2.08. The van der Waals surface area contributed by atoms with Gasteiger partial charge in [0.05, 0.1) is 17.7 Å². The molecule has 70 valence electrons. The van der Waals surface area contributed by atoms with Gasteiger partial charge in [-0.1, -0.05) is 0 Å². The van der Waals surface area contributed by atoms with E-state index in [0.717, 1.165) is 0 Å². The van der Waals surface area contributed by atoms with E-state index in [9.17, 15) is 9.59 Å². The third kappa shape index (κ3) is 2.45. The lowest BCUT2D eigenvalue weighted by molar-refractivity contribution is 0.0601. The first-order chi connectivity index (χ1) is 6.13. The van der Waals surface area contributed by atoms with E-state index in [1.54, 1.807) is 5.38 Å². The van der Waals surface area contributed by atoms with E-state index in [1.807, 2.05) is 0 Å². The maximum atomic E-state index is 11.0. The van der Waals surface area contributed by atoms with Crippen LogP contribution in [0.25, 0.3) is 0 Å². The van der Waals surface area contributed by atoms with Crippen LogP contribution in [0.2, 0.25) is 0 Å². The number of anilines is 1. The second kappa shape index (κ2) is 3.90. The van der Waals surface area contributed by atoms with Gasteiger partial charge in [-0.25, -0.2) is 9.59 Å². The summed E-state index contributed by atoms with van der Waals surface area (Å²) in [5.41, 5.74) is 5.28. The summed E-state index contributed by atoms with van der Waals surface area (Å²) in [6.07, 6.45) is 0. The molecule has 0 saturated heterocycles. The van der Waals surface area contributed by atoms with Crippen LogP contribution in [0.3, 0.4) is 0 Å². The predicted octanol–water partition coefficient (Wildman–Crippen LogP) is 1.03. The summed E-state index contributed by atoms with van der Waals surface area (Å²) in [7, 11) is 1.29. The molecule has 0 atom stereocenters. The molecule has 3 N–H and O–H groups in total. The van der Waals surface area contributed by atoms with Gasteiger partial charge in [-0.2, -0.15) is 0 Å². The van der Waals surface area contributed by atoms with Gasteiger partial charge < -0.3 is 10.5 Å². The third-order valence-electron chi connectivity index (χ3n) is 1.27. The zero-order valence-electron chi connectivity index (χ0n) is 6.87. The van der Waals surface area contributed by atoms with Crippen molar-refractivity contribution < 1.29 is 14.3 Å². The average molecular weight is 200 g/mol. The van der Waals surface area contributed by atoms with Crippen molar-refractivity contribution in [3.63, 3.8) is 0 Å². The first-order valence-corrected chi connectivity index (χ1v) is 4.24. The Labute approximate surface area is 78.5 Å². The molecule has 1 rings (SSSR count). The molecule has 2 amide bonds. The number of methoxy groups -OCH3 is 1. The lowest BCUT2D eigenvalue weighted by Crippen LogP contribution is -2.18. The van der Waals surface area contributed by atoms with Crippen LogP contribution in [0.5, 0.6) is 0 Å². The summed E-state index contributed by atoms with van der Waals surface area (Å²) < 4.78 is 4.48. The molecule has 0 aromatic carbocycles. The summed E-state index contributed by atoms with van der Waals surface area (Å²) in [6.45, 7) is 0. The highest BCUT2D eigenvalue weighted by molar-refractivity contribution is 7.14. The Kier molecular flexibility index (Phi) is 2.86. The Hall–Kier alpha value is -1.56. The van der Waals surface area contributed by atoms with Crippen LogP contribution >= 0.6 is 11.3 Å². The third-order valence-corrected chi connectivity index (χ3v) is 2.11. The Bertz CT molecular complexity index is 334. The van der Waals surface area contributed by atoms with Crippen molar-refractivity contribution in [2.75, 3.05) is 12.4 Å². The second-order valence-electron chi connectivity index (χ2n) is 2.18. The fraction of sp³-hybridized carbons (Fsp3) is 0.143. The maximum absolute atomic E-state index is 11.0. The molecule has 0 aliphatic rings. The first-order valence-electron chi connectivity index (χ1n) is 3.37. The van der Waals surface area contributed by atoms with Crippen molar-refractivity contribution in [3.8, 4) is 0 Å². The number of hydrogen-bond donors (Lipinski definition) is 2. The van der Waals surface area contributed by atoms with Crippen LogP contribution in [-0.4, -0.2) is 19.1 Å². The number of amides is 2. The number of ether oxygens (including phenoxy) is 1. The fourth-order valence-corrected chi connectivity index (χ4v) is 1.52. The van der Waals surface area contributed by atoms with Crippen molar-refractivity contribution in [1.82, 2.24) is 0 Å². The molecule has 0 spiro atoms. The van der Waals surface area contributed by atoms with E-state index in [4.69, 9.17) is 5.73 Å². The van der Waals surface area contributed by atoms with Gasteiger partial charge in [0, 0.05) is 5.38 Å². The van der Waals surface area contributed by atoms with Gasteiger partial charge in [0.1, 0.15) is 0 Å². The van der Waals surface area contributed by atoms with Gasteiger partial charge in [0.15, 0.2) is 0 Å². The molecule has 13 heavy (non-hydrogen) atoms. The van der Waals surface area contributed by atoms with Crippen molar-refractivity contribution in [2.45, 2.75) is 0 Å². The number of carbonyl (C=O) groups excluding carboxylic acids is 2. The van der Waals surface area contributed by atoms with E-state index < -0.39 is 12.0 Å². The van der Waals surface area contributed by atoms with Crippen molar-refractivity contribution >= 4 is 28.3 Å². The van der Waals surface area contributed by atoms with Gasteiger partial charge in [0.25, 0.3) is 0 Å². The maximum Gasteiger partial charge on any atom is 0.338 e. The number of carbonyl (C=O) groups is 2. The zero-order valence-corrected chi connectivity index (χ0v) is 7.68. The Morgan fingerprint density at radius 1 is 1.62 bits per heavy atom. The highest BCUT2D eigenvalue weighted by Crippen LogP contribution is 2.20. The van der Waals surface area contributed by atoms with Crippen LogP contribution in [0.15, 0.2) is 11.4 Å². The summed E-state index contributed by atoms with van der Waals surface area (Å²) >= 11 is 1.21. The molecule has 0 aliphatic heterocycles. The minimum absolute atomic E-state index is 0.399. The molecule has 1 heterocycles. The Morgan fingerprint density at radius 3 is 2.85 bits per heavy atom. The zero-order chi connectivity index (χ0) is 9.84. The summed E-state index contributed by atoms with van der Waals surface area (Å²) in [5, 5.41) is 4.46. The molecule has 0 saturated carbocycles. The molecular weight excluding hydrogens is 192 g/mol. The summed E-state index contributed by atoms with van der Waals surface area (Å²) in [6, 6.07) is 0.847. The Morgan fingerprint density at radius 2 is 2.31 bits per heavy atom. The fourth-order valence-electron chi connectivity index (χ4n) is 0.748. The molecular formula is C7H8N2O3S. The SMILES string of the molecule is COC(=O)c1csc(NC(N)=O)c1. The molecule has 0 unspecified atom stereocenters. The molecule has 1 aromatic rings. The van der Waals surface area contributed by atoms with Crippen LogP contribution in [0, 0.1) is 0 Å². The quantitative estimate of drug-likeness (QED) is 0.699. The van der Waals surface area contributed by atoms with E-state index >= 15 is 0 Å². The number of nitrogens with one attached hydrogen (secondary N) is 1. The lowest BCUT2D eigenvalue weighted by Gasteiger charge is -1.94. The molecule has 5 nitrogen and oxygen atoms in total. The molecule has 0 radical (unpaired) electrons. The smallest absolute Gasteiger partial charge is 0.338 e. The minimum Gasteiger partial charge on any atom is -0.465 e. The van der Waals surface area contributed by atoms with E-state index in [-0.39, 0.29) is 0 Å². The number of hydrogen-bond acceptors (Lipinski definition) is 4. The summed E-state index contributed by atoms with van der Waals surface area (Å²) in [4.78, 5) is 21.4. The van der Waals surface area contributed by atoms with Gasteiger partial charge in [0.2, 0.25) is 0 Å². The molecule has 0 aliphatic carbocycles. The predicted molar refractivity (Wildman–Crippen MR) is 48.9 cm³/mol. The van der Waals surface area contributed by atoms with Crippen LogP contribution in [-0.2, 0) is 4.74 Å². The minimum atomic E-state index is -0.654. The number of esters is 1. The van der Waals surface area contributed by atoms with E-state index in [1.165, 1.54) is 24.5 Å². The number of nitrogens with two attached hydrogens (primary N) is 1. The normalized spacial score (nSPS) is 9.31. The van der Waals surface area contributed by atoms with Crippen molar-refractivity contribution in [1.29, 1.82) is 0 Å². The lowest BCUT2D eigenvalue weighted by atomic mass is 10.3. The first kappa shape index (κ1) is 9.53. The molecule has 1 aromatic heterocycles. The monoisotopic (exact) mass is 200 g/mol. The summed E-state index contributed by atoms with van der Waals surface area (Å²) in [5.74, 6) is -0.436. The van der Waals surface area contributed by atoms with Gasteiger partial charge in [-0.15, -0.1) is 11.3 Å². The number of rotatable bonds is 2. The van der Waals surface area contributed by atoms with Gasteiger partial charge in [-0.05, 0) is 6.07 Å². The topological polar surface area (TPSA) is 81.4 Å². The highest BCUT2D eigenvalue weighted by atomic mass is 32.1. The van der Waals surface area contributed by atoms with Gasteiger partial charge in [-0.3, -0.25) is 5.32 Å². The molecule has 6 heteroatoms. The van der Waals surface area contributed by atoms with Crippen LogP contribution < -0.4 is 11.1 Å². The van der Waals surface area contributed by atoms with Crippen molar-refractivity contribution in [2.24, 2.45) is 5.73 Å². The van der Waals surface area contributed by atoms with Crippen LogP contribution in [0.1, 0.15) is 10.4 Å². The Balaban J connectivity index is 2.74. The van der Waals surface area contributed by atoms with Crippen LogP contribution in [0.4, 0.5) is 9.80 Å². The standard InChI is InChI=1S/C7H8N2O3S/c1-12-6(10)4-2-5(13-3-4)9-7(8)11/h2-3H,1H3,(H3,8,9,11). The second-order valence-corrected chi connectivity index (χ2v) is 3.09. The molecule has 0 bridgehead atoms. The van der Waals surface area contributed by atoms with Crippen molar-refractivity contribution in [3.05, 3.63) is 17.0 Å². The van der Waals surface area contributed by atoms with E-state index in [0.29, 0.717) is 10.6 Å². The number of primary amides is 1.